The van der Waals surface area contributed by atoms with Crippen LogP contribution in [0.5, 0.6) is 5.75 Å². The zero-order valence-electron chi connectivity index (χ0n) is 11.6. The predicted octanol–water partition coefficient (Wildman–Crippen LogP) is 3.76. The molecule has 3 rings (SSSR count). The van der Waals surface area contributed by atoms with E-state index in [1.807, 2.05) is 12.1 Å². The monoisotopic (exact) mass is 289 g/mol. The molecule has 1 aliphatic rings. The summed E-state index contributed by atoms with van der Waals surface area (Å²) in [5.74, 6) is 3.97. The van der Waals surface area contributed by atoms with Gasteiger partial charge in [0.15, 0.2) is 0 Å². The summed E-state index contributed by atoms with van der Waals surface area (Å²) < 4.78 is 11.5. The van der Waals surface area contributed by atoms with E-state index in [-0.39, 0.29) is 0 Å². The minimum absolute atomic E-state index is 0.342. The van der Waals surface area contributed by atoms with Gasteiger partial charge in [-0.05, 0) is 24.5 Å². The van der Waals surface area contributed by atoms with Gasteiger partial charge in [-0.3, -0.25) is 0 Å². The number of fused-ring (bicyclic) bond motifs is 1. The third-order valence-corrected chi connectivity index (χ3v) is 4.06. The minimum Gasteiger partial charge on any atom is -0.493 e. The first-order valence-electron chi connectivity index (χ1n) is 6.88. The summed E-state index contributed by atoms with van der Waals surface area (Å²) >= 11 is 1.77. The van der Waals surface area contributed by atoms with Gasteiger partial charge in [-0.15, -0.1) is 0 Å². The first-order valence-corrected chi connectivity index (χ1v) is 8.28. The standard InChI is InChI=1S/C16H19NO2S/c1-20-11-13-7-6-12(19-13)10-17-15-8-9-18-16-5-3-2-4-14(15)16/h2-7,15,17H,8-11H2,1H3. The average Bonchev–Trinajstić information content (AvgIpc) is 2.93. The molecule has 3 nitrogen and oxygen atoms in total. The Kier molecular flexibility index (Phi) is 4.33. The van der Waals surface area contributed by atoms with Gasteiger partial charge in [-0.2, -0.15) is 11.8 Å². The van der Waals surface area contributed by atoms with Crippen molar-refractivity contribution in [3.8, 4) is 5.75 Å². The molecule has 4 heteroatoms. The highest BCUT2D eigenvalue weighted by molar-refractivity contribution is 7.97. The molecule has 0 bridgehead atoms. The Labute approximate surface area is 123 Å². The lowest BCUT2D eigenvalue weighted by molar-refractivity contribution is 0.249. The van der Waals surface area contributed by atoms with E-state index in [1.165, 1.54) is 5.56 Å². The van der Waals surface area contributed by atoms with Crippen LogP contribution >= 0.6 is 11.8 Å². The molecule has 2 heterocycles. The Morgan fingerprint density at radius 2 is 2.05 bits per heavy atom. The fraction of sp³-hybridized carbons (Fsp3) is 0.375. The van der Waals surface area contributed by atoms with E-state index in [0.29, 0.717) is 6.04 Å². The molecule has 1 aliphatic heterocycles. The zero-order valence-corrected chi connectivity index (χ0v) is 12.4. The van der Waals surface area contributed by atoms with Crippen LogP contribution in [0.3, 0.4) is 0 Å². The maximum absolute atomic E-state index is 5.79. The second-order valence-electron chi connectivity index (χ2n) is 4.91. The van der Waals surface area contributed by atoms with Crippen LogP contribution in [-0.4, -0.2) is 12.9 Å². The number of thioether (sulfide) groups is 1. The molecule has 0 aliphatic carbocycles. The normalized spacial score (nSPS) is 17.6. The Morgan fingerprint density at radius 3 is 2.95 bits per heavy atom. The molecular weight excluding hydrogens is 270 g/mol. The lowest BCUT2D eigenvalue weighted by atomic mass is 10.0. The number of ether oxygens (including phenoxy) is 1. The summed E-state index contributed by atoms with van der Waals surface area (Å²) in [6.07, 6.45) is 3.08. The molecule has 20 heavy (non-hydrogen) atoms. The second kappa shape index (κ2) is 6.37. The van der Waals surface area contributed by atoms with Crippen LogP contribution in [0.2, 0.25) is 0 Å². The van der Waals surface area contributed by atoms with Crippen LogP contribution in [0.25, 0.3) is 0 Å². The maximum atomic E-state index is 5.79. The predicted molar refractivity (Wildman–Crippen MR) is 82.1 cm³/mol. The van der Waals surface area contributed by atoms with Gasteiger partial charge in [0.05, 0.1) is 18.9 Å². The minimum atomic E-state index is 0.342. The van der Waals surface area contributed by atoms with Crippen molar-refractivity contribution in [2.45, 2.75) is 24.8 Å². The number of hydrogen-bond acceptors (Lipinski definition) is 4. The van der Waals surface area contributed by atoms with Crippen molar-refractivity contribution in [1.29, 1.82) is 0 Å². The SMILES string of the molecule is CSCc1ccc(CNC2CCOc3ccccc32)o1. The molecular formula is C16H19NO2S. The van der Waals surface area contributed by atoms with Gasteiger partial charge in [0.25, 0.3) is 0 Å². The quantitative estimate of drug-likeness (QED) is 0.909. The van der Waals surface area contributed by atoms with Gasteiger partial charge < -0.3 is 14.5 Å². The van der Waals surface area contributed by atoms with Crippen molar-refractivity contribution in [3.63, 3.8) is 0 Å². The highest BCUT2D eigenvalue weighted by Crippen LogP contribution is 2.31. The first-order chi connectivity index (χ1) is 9.86. The van der Waals surface area contributed by atoms with E-state index in [9.17, 15) is 0 Å². The number of rotatable bonds is 5. The molecule has 0 spiro atoms. The highest BCUT2D eigenvalue weighted by atomic mass is 32.2. The van der Waals surface area contributed by atoms with Gasteiger partial charge in [-0.1, -0.05) is 18.2 Å². The second-order valence-corrected chi connectivity index (χ2v) is 5.78. The van der Waals surface area contributed by atoms with Crippen LogP contribution in [0.4, 0.5) is 0 Å². The Morgan fingerprint density at radius 1 is 1.20 bits per heavy atom. The third-order valence-electron chi connectivity index (χ3n) is 3.49. The molecule has 0 amide bonds. The van der Waals surface area contributed by atoms with Gasteiger partial charge in [-0.25, -0.2) is 0 Å². The van der Waals surface area contributed by atoms with Crippen molar-refractivity contribution in [2.24, 2.45) is 0 Å². The van der Waals surface area contributed by atoms with E-state index in [2.05, 4.69) is 35.8 Å². The molecule has 0 saturated carbocycles. The van der Waals surface area contributed by atoms with Crippen LogP contribution in [0, 0.1) is 0 Å². The molecule has 2 aromatic rings. The van der Waals surface area contributed by atoms with Crippen LogP contribution < -0.4 is 10.1 Å². The van der Waals surface area contributed by atoms with Crippen molar-refractivity contribution < 1.29 is 9.15 Å². The number of hydrogen-bond donors (Lipinski definition) is 1. The van der Waals surface area contributed by atoms with E-state index in [1.54, 1.807) is 11.8 Å². The zero-order chi connectivity index (χ0) is 13.8. The molecule has 106 valence electrons. The lowest BCUT2D eigenvalue weighted by Crippen LogP contribution is -2.26. The number of nitrogens with one attached hydrogen (secondary N) is 1. The van der Waals surface area contributed by atoms with Crippen LogP contribution in [0.1, 0.15) is 29.5 Å². The largest absolute Gasteiger partial charge is 0.493 e. The van der Waals surface area contributed by atoms with Crippen LogP contribution in [0.15, 0.2) is 40.8 Å². The Balaban J connectivity index is 1.64. The van der Waals surface area contributed by atoms with E-state index >= 15 is 0 Å². The number of furan rings is 1. The van der Waals surface area contributed by atoms with Crippen molar-refractivity contribution in [3.05, 3.63) is 53.5 Å². The summed E-state index contributed by atoms with van der Waals surface area (Å²) in [6, 6.07) is 12.7. The molecule has 1 aromatic carbocycles. The fourth-order valence-electron chi connectivity index (χ4n) is 2.52. The highest BCUT2D eigenvalue weighted by Gasteiger charge is 2.20. The molecule has 0 saturated heterocycles. The van der Waals surface area contributed by atoms with E-state index in [0.717, 1.165) is 42.6 Å². The fourth-order valence-corrected chi connectivity index (χ4v) is 2.95. The number of benzene rings is 1. The molecule has 0 fully saturated rings. The van der Waals surface area contributed by atoms with Gasteiger partial charge in [0, 0.05) is 18.0 Å². The maximum Gasteiger partial charge on any atom is 0.124 e. The molecule has 1 N–H and O–H groups in total. The summed E-state index contributed by atoms with van der Waals surface area (Å²) in [4.78, 5) is 0. The summed E-state index contributed by atoms with van der Waals surface area (Å²) in [5, 5.41) is 3.57. The topological polar surface area (TPSA) is 34.4 Å². The van der Waals surface area contributed by atoms with Gasteiger partial charge in [0.1, 0.15) is 17.3 Å². The van der Waals surface area contributed by atoms with Crippen molar-refractivity contribution >= 4 is 11.8 Å². The Hall–Kier alpha value is -1.39. The summed E-state index contributed by atoms with van der Waals surface area (Å²) in [5.41, 5.74) is 1.25. The van der Waals surface area contributed by atoms with E-state index in [4.69, 9.17) is 9.15 Å². The summed E-state index contributed by atoms with van der Waals surface area (Å²) in [7, 11) is 0. The molecule has 1 atom stereocenters. The summed E-state index contributed by atoms with van der Waals surface area (Å²) in [6.45, 7) is 1.53. The van der Waals surface area contributed by atoms with Crippen molar-refractivity contribution in [2.75, 3.05) is 12.9 Å². The van der Waals surface area contributed by atoms with Crippen LogP contribution in [-0.2, 0) is 12.3 Å². The Bertz CT molecular complexity index is 567. The molecule has 1 unspecified atom stereocenters. The average molecular weight is 289 g/mol. The van der Waals surface area contributed by atoms with Gasteiger partial charge >= 0.3 is 0 Å². The lowest BCUT2D eigenvalue weighted by Gasteiger charge is -2.26. The van der Waals surface area contributed by atoms with Gasteiger partial charge in [0.2, 0.25) is 0 Å². The first kappa shape index (κ1) is 13.6. The molecule has 0 radical (unpaired) electrons. The smallest absolute Gasteiger partial charge is 0.124 e. The van der Waals surface area contributed by atoms with E-state index < -0.39 is 0 Å². The molecule has 1 aromatic heterocycles. The number of para-hydroxylation sites is 1. The van der Waals surface area contributed by atoms with Crippen molar-refractivity contribution in [1.82, 2.24) is 5.32 Å². The third kappa shape index (κ3) is 3.02.